The quantitative estimate of drug-likeness (QED) is 0.638. The fourth-order valence-corrected chi connectivity index (χ4v) is 1.81. The molecule has 0 aliphatic rings. The van der Waals surface area contributed by atoms with Crippen molar-refractivity contribution in [3.05, 3.63) is 44.9 Å². The maximum absolute atomic E-state index is 10.7. The Labute approximate surface area is 93.4 Å². The molecule has 0 aliphatic carbocycles. The molecule has 76 valence electrons. The van der Waals surface area contributed by atoms with Gasteiger partial charge in [0.15, 0.2) is 0 Å². The van der Waals surface area contributed by atoms with Gasteiger partial charge in [0, 0.05) is 15.9 Å². The van der Waals surface area contributed by atoms with Gasteiger partial charge in [-0.2, -0.15) is 0 Å². The standard InChI is InChI=1S/C10H6BrNO3/c11-6-1-2-7-8(5-6)9(12(14)15)3-4-10(7)13/h1-5,13H. The van der Waals surface area contributed by atoms with Crippen molar-refractivity contribution in [3.63, 3.8) is 0 Å². The van der Waals surface area contributed by atoms with E-state index in [4.69, 9.17) is 0 Å². The lowest BCUT2D eigenvalue weighted by Crippen LogP contribution is -1.89. The van der Waals surface area contributed by atoms with Gasteiger partial charge in [-0.05, 0) is 24.3 Å². The molecule has 0 aromatic heterocycles. The van der Waals surface area contributed by atoms with Gasteiger partial charge in [-0.1, -0.05) is 15.9 Å². The minimum Gasteiger partial charge on any atom is -0.507 e. The first-order chi connectivity index (χ1) is 7.09. The second-order valence-electron chi connectivity index (χ2n) is 3.05. The van der Waals surface area contributed by atoms with E-state index in [0.717, 1.165) is 4.47 Å². The van der Waals surface area contributed by atoms with Gasteiger partial charge in [-0.25, -0.2) is 0 Å². The minimum absolute atomic E-state index is 0.0101. The molecule has 0 saturated carbocycles. The van der Waals surface area contributed by atoms with E-state index in [1.165, 1.54) is 12.1 Å². The molecular formula is C10H6BrNO3. The number of hydrogen-bond donors (Lipinski definition) is 1. The molecule has 1 N–H and O–H groups in total. The zero-order valence-electron chi connectivity index (χ0n) is 7.48. The summed E-state index contributed by atoms with van der Waals surface area (Å²) in [5.41, 5.74) is -0.0101. The summed E-state index contributed by atoms with van der Waals surface area (Å²) >= 11 is 3.24. The van der Waals surface area contributed by atoms with Crippen LogP contribution in [0.1, 0.15) is 0 Å². The molecule has 4 nitrogen and oxygen atoms in total. The number of fused-ring (bicyclic) bond motifs is 1. The maximum Gasteiger partial charge on any atom is 0.277 e. The highest BCUT2D eigenvalue weighted by Crippen LogP contribution is 2.33. The van der Waals surface area contributed by atoms with Crippen molar-refractivity contribution in [3.8, 4) is 5.75 Å². The van der Waals surface area contributed by atoms with Crippen LogP contribution in [-0.2, 0) is 0 Å². The lowest BCUT2D eigenvalue weighted by atomic mass is 10.1. The number of benzene rings is 2. The third-order valence-corrected chi connectivity index (χ3v) is 2.62. The van der Waals surface area contributed by atoms with Gasteiger partial charge in [0.2, 0.25) is 0 Å². The van der Waals surface area contributed by atoms with Crippen LogP contribution in [0.2, 0.25) is 0 Å². The molecular weight excluding hydrogens is 262 g/mol. The van der Waals surface area contributed by atoms with E-state index in [2.05, 4.69) is 15.9 Å². The zero-order valence-corrected chi connectivity index (χ0v) is 9.06. The number of halogens is 1. The van der Waals surface area contributed by atoms with Crippen LogP contribution < -0.4 is 0 Å². The van der Waals surface area contributed by atoms with Crippen molar-refractivity contribution in [1.29, 1.82) is 0 Å². The third-order valence-electron chi connectivity index (χ3n) is 2.13. The molecule has 0 unspecified atom stereocenters. The molecule has 0 aliphatic heterocycles. The van der Waals surface area contributed by atoms with E-state index in [9.17, 15) is 15.2 Å². The molecule has 2 rings (SSSR count). The Morgan fingerprint density at radius 3 is 2.60 bits per heavy atom. The third kappa shape index (κ3) is 1.66. The number of phenolic OH excluding ortho intramolecular Hbond substituents is 1. The SMILES string of the molecule is O=[N+]([O-])c1ccc(O)c2ccc(Br)cc12. The smallest absolute Gasteiger partial charge is 0.277 e. The summed E-state index contributed by atoms with van der Waals surface area (Å²) in [6, 6.07) is 7.61. The summed E-state index contributed by atoms with van der Waals surface area (Å²) in [5, 5.41) is 21.2. The van der Waals surface area contributed by atoms with E-state index in [-0.39, 0.29) is 11.4 Å². The topological polar surface area (TPSA) is 63.4 Å². The average Bonchev–Trinajstić information content (AvgIpc) is 2.17. The number of nitrogens with zero attached hydrogens (tertiary/aromatic N) is 1. The van der Waals surface area contributed by atoms with Gasteiger partial charge in [-0.3, -0.25) is 10.1 Å². The van der Waals surface area contributed by atoms with Crippen molar-refractivity contribution in [1.82, 2.24) is 0 Å². The fourth-order valence-electron chi connectivity index (χ4n) is 1.45. The summed E-state index contributed by atoms with van der Waals surface area (Å²) in [7, 11) is 0. The summed E-state index contributed by atoms with van der Waals surface area (Å²) in [5.74, 6) is 0.0445. The van der Waals surface area contributed by atoms with Crippen molar-refractivity contribution in [2.75, 3.05) is 0 Å². The first kappa shape index (κ1) is 9.92. The van der Waals surface area contributed by atoms with Crippen molar-refractivity contribution in [2.45, 2.75) is 0 Å². The Morgan fingerprint density at radius 2 is 1.93 bits per heavy atom. The molecule has 0 atom stereocenters. The van der Waals surface area contributed by atoms with E-state index >= 15 is 0 Å². The molecule has 0 spiro atoms. The van der Waals surface area contributed by atoms with Crippen LogP contribution in [0.25, 0.3) is 10.8 Å². The van der Waals surface area contributed by atoms with Crippen molar-refractivity contribution in [2.24, 2.45) is 0 Å². The molecule has 0 fully saturated rings. The van der Waals surface area contributed by atoms with Crippen LogP contribution in [0, 0.1) is 10.1 Å². The number of aromatic hydroxyl groups is 1. The van der Waals surface area contributed by atoms with Crippen molar-refractivity contribution < 1.29 is 10.0 Å². The molecule has 2 aromatic rings. The van der Waals surface area contributed by atoms with Gasteiger partial charge in [0.25, 0.3) is 5.69 Å². The summed E-state index contributed by atoms with van der Waals surface area (Å²) in [4.78, 5) is 10.3. The normalized spacial score (nSPS) is 10.5. The summed E-state index contributed by atoms with van der Waals surface area (Å²) < 4.78 is 0.740. The van der Waals surface area contributed by atoms with E-state index in [1.807, 2.05) is 0 Å². The Kier molecular flexibility index (Phi) is 2.32. The van der Waals surface area contributed by atoms with Crippen LogP contribution >= 0.6 is 15.9 Å². The van der Waals surface area contributed by atoms with Crippen LogP contribution in [0.5, 0.6) is 5.75 Å². The number of rotatable bonds is 1. The molecule has 15 heavy (non-hydrogen) atoms. The lowest BCUT2D eigenvalue weighted by molar-refractivity contribution is -0.383. The lowest BCUT2D eigenvalue weighted by Gasteiger charge is -2.02. The maximum atomic E-state index is 10.7. The predicted molar refractivity (Wildman–Crippen MR) is 60.0 cm³/mol. The van der Waals surface area contributed by atoms with E-state index in [1.54, 1.807) is 18.2 Å². The molecule has 2 aromatic carbocycles. The number of non-ortho nitro benzene ring substituents is 1. The van der Waals surface area contributed by atoms with Gasteiger partial charge in [-0.15, -0.1) is 0 Å². The highest BCUT2D eigenvalue weighted by atomic mass is 79.9. The molecule has 0 saturated heterocycles. The summed E-state index contributed by atoms with van der Waals surface area (Å²) in [6.45, 7) is 0. The van der Waals surface area contributed by atoms with E-state index in [0.29, 0.717) is 10.8 Å². The molecule has 5 heteroatoms. The molecule has 0 bridgehead atoms. The first-order valence-electron chi connectivity index (χ1n) is 4.15. The van der Waals surface area contributed by atoms with Gasteiger partial charge < -0.3 is 5.11 Å². The molecule has 0 radical (unpaired) electrons. The monoisotopic (exact) mass is 267 g/mol. The Hall–Kier alpha value is -1.62. The largest absolute Gasteiger partial charge is 0.507 e. The number of phenols is 1. The predicted octanol–water partition coefficient (Wildman–Crippen LogP) is 3.22. The highest BCUT2D eigenvalue weighted by molar-refractivity contribution is 9.10. The number of hydrogen-bond acceptors (Lipinski definition) is 3. The van der Waals surface area contributed by atoms with Gasteiger partial charge >= 0.3 is 0 Å². The Balaban J connectivity index is 2.90. The summed E-state index contributed by atoms with van der Waals surface area (Å²) in [6.07, 6.45) is 0. The Bertz CT molecular complexity index is 554. The fraction of sp³-hybridized carbons (Fsp3) is 0. The van der Waals surface area contributed by atoms with Crippen molar-refractivity contribution >= 4 is 32.4 Å². The van der Waals surface area contributed by atoms with E-state index < -0.39 is 4.92 Å². The second kappa shape index (κ2) is 3.51. The minimum atomic E-state index is -0.464. The molecule has 0 amide bonds. The molecule has 0 heterocycles. The number of nitro benzene ring substituents is 1. The number of nitro groups is 1. The van der Waals surface area contributed by atoms with Crippen LogP contribution in [0.4, 0.5) is 5.69 Å². The van der Waals surface area contributed by atoms with Crippen LogP contribution in [-0.4, -0.2) is 10.0 Å². The van der Waals surface area contributed by atoms with Gasteiger partial charge in [0.1, 0.15) is 5.75 Å². The van der Waals surface area contributed by atoms with Crippen LogP contribution in [0.3, 0.4) is 0 Å². The first-order valence-corrected chi connectivity index (χ1v) is 4.94. The Morgan fingerprint density at radius 1 is 1.20 bits per heavy atom. The van der Waals surface area contributed by atoms with Crippen LogP contribution in [0.15, 0.2) is 34.8 Å². The average molecular weight is 268 g/mol. The highest BCUT2D eigenvalue weighted by Gasteiger charge is 2.13. The van der Waals surface area contributed by atoms with Gasteiger partial charge in [0.05, 0.1) is 10.3 Å². The second-order valence-corrected chi connectivity index (χ2v) is 3.97. The zero-order chi connectivity index (χ0) is 11.0.